The van der Waals surface area contributed by atoms with Crippen LogP contribution in [0.25, 0.3) is 0 Å². The summed E-state index contributed by atoms with van der Waals surface area (Å²) >= 11 is 0. The molecule has 0 aliphatic carbocycles. The zero-order chi connectivity index (χ0) is 25.9. The third-order valence-corrected chi connectivity index (χ3v) is 7.05. The summed E-state index contributed by atoms with van der Waals surface area (Å²) in [4.78, 5) is 45.1. The molecule has 2 atom stereocenters. The van der Waals surface area contributed by atoms with Crippen LogP contribution in [0.5, 0.6) is 11.5 Å². The lowest BCUT2D eigenvalue weighted by Gasteiger charge is -2.36. The standard InChI is InChI=1S/C29H31N3O5/c1-3-14-30(15-4-2)27(33)20-9-8-16-31(17-20)23-11-7-10-22-26(23)29(35)32(28(22)34)18-21-19-36-24-12-5-6-13-25(24)37-21/h3-7,10-13,20-21H,1-2,8-9,14-19H2/t20-,21+/m0/s1. The average Bonchev–Trinajstić information content (AvgIpc) is 3.17. The predicted octanol–water partition coefficient (Wildman–Crippen LogP) is 3.54. The number of ether oxygens (including phenoxy) is 2. The SMILES string of the molecule is C=CCN(CC=C)C(=O)[C@H]1CCCN(c2cccc3c2C(=O)N(C[C@@H]2COc4ccccc4O2)C3=O)C1. The molecule has 0 radical (unpaired) electrons. The van der Waals surface area contributed by atoms with Gasteiger partial charge in [-0.3, -0.25) is 19.3 Å². The molecule has 2 aromatic rings. The van der Waals surface area contributed by atoms with E-state index in [0.717, 1.165) is 12.8 Å². The molecule has 5 rings (SSSR count). The molecule has 3 amide bonds. The van der Waals surface area contributed by atoms with Gasteiger partial charge in [-0.15, -0.1) is 13.2 Å². The maximum absolute atomic E-state index is 13.6. The van der Waals surface area contributed by atoms with E-state index in [-0.39, 0.29) is 36.8 Å². The fourth-order valence-electron chi connectivity index (χ4n) is 5.32. The number of fused-ring (bicyclic) bond motifs is 2. The van der Waals surface area contributed by atoms with Crippen molar-refractivity contribution in [1.29, 1.82) is 0 Å². The summed E-state index contributed by atoms with van der Waals surface area (Å²) in [5.41, 5.74) is 1.47. The first-order valence-corrected chi connectivity index (χ1v) is 12.6. The second-order valence-electron chi connectivity index (χ2n) is 9.52. The quantitative estimate of drug-likeness (QED) is 0.407. The van der Waals surface area contributed by atoms with E-state index in [1.54, 1.807) is 35.3 Å². The van der Waals surface area contributed by atoms with Gasteiger partial charge in [-0.05, 0) is 37.1 Å². The van der Waals surface area contributed by atoms with Crippen molar-refractivity contribution in [2.24, 2.45) is 5.92 Å². The van der Waals surface area contributed by atoms with E-state index in [1.807, 2.05) is 24.3 Å². The first-order chi connectivity index (χ1) is 18.0. The summed E-state index contributed by atoms with van der Waals surface area (Å²) in [5, 5.41) is 0. The van der Waals surface area contributed by atoms with Crippen LogP contribution in [0.3, 0.4) is 0 Å². The molecule has 1 fully saturated rings. The number of para-hydroxylation sites is 2. The average molecular weight is 502 g/mol. The molecule has 0 bridgehead atoms. The molecule has 2 aromatic carbocycles. The highest BCUT2D eigenvalue weighted by Gasteiger charge is 2.41. The summed E-state index contributed by atoms with van der Waals surface area (Å²) < 4.78 is 11.8. The molecule has 0 N–H and O–H groups in total. The van der Waals surface area contributed by atoms with E-state index in [1.165, 1.54) is 4.90 Å². The number of anilines is 1. The molecule has 3 aliphatic heterocycles. The lowest BCUT2D eigenvalue weighted by Crippen LogP contribution is -2.45. The molecule has 0 saturated carbocycles. The number of benzene rings is 2. The minimum atomic E-state index is -0.460. The molecule has 0 aromatic heterocycles. The van der Waals surface area contributed by atoms with Crippen LogP contribution in [0.1, 0.15) is 33.6 Å². The first-order valence-electron chi connectivity index (χ1n) is 12.6. The fourth-order valence-corrected chi connectivity index (χ4v) is 5.32. The highest BCUT2D eigenvalue weighted by Crippen LogP contribution is 2.36. The number of carbonyl (C=O) groups excluding carboxylic acids is 3. The van der Waals surface area contributed by atoms with Crippen LogP contribution in [0.2, 0.25) is 0 Å². The summed E-state index contributed by atoms with van der Waals surface area (Å²) in [6, 6.07) is 12.7. The Morgan fingerprint density at radius 2 is 1.78 bits per heavy atom. The number of rotatable bonds is 8. The van der Waals surface area contributed by atoms with Gasteiger partial charge in [0.1, 0.15) is 6.61 Å². The van der Waals surface area contributed by atoms with E-state index < -0.39 is 6.10 Å². The Morgan fingerprint density at radius 3 is 2.54 bits per heavy atom. The van der Waals surface area contributed by atoms with Gasteiger partial charge < -0.3 is 19.3 Å². The van der Waals surface area contributed by atoms with Crippen LogP contribution in [-0.4, -0.2) is 73.0 Å². The van der Waals surface area contributed by atoms with Crippen LogP contribution >= 0.6 is 0 Å². The third-order valence-electron chi connectivity index (χ3n) is 7.05. The van der Waals surface area contributed by atoms with E-state index in [4.69, 9.17) is 9.47 Å². The number of amides is 3. The van der Waals surface area contributed by atoms with E-state index in [0.29, 0.717) is 54.5 Å². The maximum Gasteiger partial charge on any atom is 0.263 e. The van der Waals surface area contributed by atoms with Crippen molar-refractivity contribution in [1.82, 2.24) is 9.80 Å². The summed E-state index contributed by atoms with van der Waals surface area (Å²) in [7, 11) is 0. The van der Waals surface area contributed by atoms with Gasteiger partial charge in [0.05, 0.1) is 29.3 Å². The van der Waals surface area contributed by atoms with Crippen molar-refractivity contribution in [2.75, 3.05) is 44.2 Å². The predicted molar refractivity (Wildman–Crippen MR) is 140 cm³/mol. The summed E-state index contributed by atoms with van der Waals surface area (Å²) in [6.45, 7) is 9.97. The maximum atomic E-state index is 13.6. The monoisotopic (exact) mass is 501 g/mol. The second-order valence-corrected chi connectivity index (χ2v) is 9.52. The van der Waals surface area contributed by atoms with Gasteiger partial charge in [-0.25, -0.2) is 0 Å². The van der Waals surface area contributed by atoms with Gasteiger partial charge in [0.25, 0.3) is 11.8 Å². The highest BCUT2D eigenvalue weighted by atomic mass is 16.6. The molecule has 0 unspecified atom stereocenters. The van der Waals surface area contributed by atoms with Crippen LogP contribution < -0.4 is 14.4 Å². The van der Waals surface area contributed by atoms with Gasteiger partial charge >= 0.3 is 0 Å². The summed E-state index contributed by atoms with van der Waals surface area (Å²) in [5.74, 6) is 0.416. The van der Waals surface area contributed by atoms with Gasteiger partial charge in [0.15, 0.2) is 17.6 Å². The van der Waals surface area contributed by atoms with Crippen LogP contribution in [-0.2, 0) is 4.79 Å². The number of imide groups is 1. The van der Waals surface area contributed by atoms with Crippen molar-refractivity contribution >= 4 is 23.4 Å². The molecule has 0 spiro atoms. The molecule has 37 heavy (non-hydrogen) atoms. The minimum Gasteiger partial charge on any atom is -0.486 e. The van der Waals surface area contributed by atoms with Gasteiger partial charge in [-0.2, -0.15) is 0 Å². The van der Waals surface area contributed by atoms with Crippen molar-refractivity contribution in [3.8, 4) is 11.5 Å². The lowest BCUT2D eigenvalue weighted by molar-refractivity contribution is -0.134. The van der Waals surface area contributed by atoms with Crippen molar-refractivity contribution < 1.29 is 23.9 Å². The highest BCUT2D eigenvalue weighted by molar-refractivity contribution is 6.23. The Kier molecular flexibility index (Phi) is 6.99. The smallest absolute Gasteiger partial charge is 0.263 e. The topological polar surface area (TPSA) is 79.4 Å². The zero-order valence-corrected chi connectivity index (χ0v) is 20.8. The summed E-state index contributed by atoms with van der Waals surface area (Å²) in [6.07, 6.45) is 4.55. The number of carbonyl (C=O) groups is 3. The van der Waals surface area contributed by atoms with Crippen LogP contribution in [0, 0.1) is 5.92 Å². The zero-order valence-electron chi connectivity index (χ0n) is 20.8. The fraction of sp³-hybridized carbons (Fsp3) is 0.345. The Morgan fingerprint density at radius 1 is 1.03 bits per heavy atom. The lowest BCUT2D eigenvalue weighted by atomic mass is 9.94. The molecular weight excluding hydrogens is 470 g/mol. The Balaban J connectivity index is 1.33. The molecule has 192 valence electrons. The van der Waals surface area contributed by atoms with E-state index in [2.05, 4.69) is 18.1 Å². The molecule has 1 saturated heterocycles. The minimum absolute atomic E-state index is 0.0517. The number of hydrogen-bond donors (Lipinski definition) is 0. The van der Waals surface area contributed by atoms with E-state index >= 15 is 0 Å². The normalized spacial score (nSPS) is 20.4. The third kappa shape index (κ3) is 4.71. The molecular formula is C29H31N3O5. The van der Waals surface area contributed by atoms with Gasteiger partial charge in [0.2, 0.25) is 5.91 Å². The Labute approximate surface area is 216 Å². The number of hydrogen-bond acceptors (Lipinski definition) is 6. The largest absolute Gasteiger partial charge is 0.486 e. The van der Waals surface area contributed by atoms with Crippen molar-refractivity contribution in [3.05, 3.63) is 78.9 Å². The number of piperidine rings is 1. The van der Waals surface area contributed by atoms with E-state index in [9.17, 15) is 14.4 Å². The van der Waals surface area contributed by atoms with Crippen LogP contribution in [0.15, 0.2) is 67.8 Å². The number of nitrogens with zero attached hydrogens (tertiary/aromatic N) is 3. The first kappa shape index (κ1) is 24.6. The molecule has 3 aliphatic rings. The molecule has 8 nitrogen and oxygen atoms in total. The van der Waals surface area contributed by atoms with Gasteiger partial charge in [-0.1, -0.05) is 30.4 Å². The molecule has 3 heterocycles. The Hall–Kier alpha value is -4.07. The molecule has 8 heteroatoms. The van der Waals surface area contributed by atoms with Crippen molar-refractivity contribution in [2.45, 2.75) is 18.9 Å². The van der Waals surface area contributed by atoms with Crippen molar-refractivity contribution in [3.63, 3.8) is 0 Å². The second kappa shape index (κ2) is 10.5. The van der Waals surface area contributed by atoms with Gasteiger partial charge in [0, 0.05) is 26.2 Å². The Bertz CT molecular complexity index is 1230. The van der Waals surface area contributed by atoms with Crippen LogP contribution in [0.4, 0.5) is 5.69 Å².